The normalized spacial score (nSPS) is 29.4. The van der Waals surface area contributed by atoms with Crippen LogP contribution in [0, 0.1) is 29.1 Å². The zero-order chi connectivity index (χ0) is 27.0. The summed E-state index contributed by atoms with van der Waals surface area (Å²) >= 11 is 0. The number of unbranched alkanes of at least 4 members (excludes halogenated alkanes) is 1. The van der Waals surface area contributed by atoms with Gasteiger partial charge in [0.25, 0.3) is 0 Å². The molecule has 4 aliphatic rings. The molecule has 0 spiro atoms. The highest BCUT2D eigenvalue weighted by Gasteiger charge is 2.68. The highest BCUT2D eigenvalue weighted by molar-refractivity contribution is 6.47. The van der Waals surface area contributed by atoms with Crippen molar-refractivity contribution in [1.82, 2.24) is 5.32 Å². The lowest BCUT2D eigenvalue weighted by molar-refractivity contribution is -0.199. The van der Waals surface area contributed by atoms with Gasteiger partial charge in [-0.15, -0.1) is 0 Å². The SMILES string of the molecule is CCCCc1ccc(C(=O)C[C@@H](CN)C(=O)N[C@@H](CC(C)C)B2O[C@@H]3C[C@@H]4C[C@@H](C4(C)C)[C@]3(C)O2)cc1. The van der Waals surface area contributed by atoms with Crippen LogP contribution in [0.15, 0.2) is 24.3 Å². The summed E-state index contributed by atoms with van der Waals surface area (Å²) in [6, 6.07) is 7.77. The third-order valence-corrected chi connectivity index (χ3v) is 9.53. The first kappa shape index (κ1) is 28.3. The number of benzene rings is 1. The fourth-order valence-electron chi connectivity index (χ4n) is 6.98. The van der Waals surface area contributed by atoms with Gasteiger partial charge in [-0.05, 0) is 67.8 Å². The van der Waals surface area contributed by atoms with Gasteiger partial charge in [-0.2, -0.15) is 0 Å². The van der Waals surface area contributed by atoms with Crippen LogP contribution in [0.1, 0.15) is 96.0 Å². The van der Waals surface area contributed by atoms with Gasteiger partial charge in [0.2, 0.25) is 5.91 Å². The maximum atomic E-state index is 13.4. The molecule has 1 aromatic carbocycles. The topological polar surface area (TPSA) is 90.7 Å². The van der Waals surface area contributed by atoms with E-state index in [1.165, 1.54) is 12.0 Å². The highest BCUT2D eigenvalue weighted by atomic mass is 16.7. The third kappa shape index (κ3) is 5.69. The van der Waals surface area contributed by atoms with Crippen molar-refractivity contribution in [3.05, 3.63) is 35.4 Å². The first-order chi connectivity index (χ1) is 17.5. The predicted octanol–water partition coefficient (Wildman–Crippen LogP) is 4.98. The number of Topliss-reactive ketones (excluding diaryl/α,β-unsaturated/α-hetero) is 1. The molecule has 7 heteroatoms. The number of nitrogens with two attached hydrogens (primary N) is 1. The van der Waals surface area contributed by atoms with Crippen LogP contribution in [-0.2, 0) is 20.5 Å². The molecule has 0 unspecified atom stereocenters. The molecule has 0 aromatic heterocycles. The minimum absolute atomic E-state index is 0.0537. The van der Waals surface area contributed by atoms with Gasteiger partial charge in [-0.3, -0.25) is 9.59 Å². The lowest BCUT2D eigenvalue weighted by atomic mass is 9.43. The Morgan fingerprint density at radius 2 is 1.86 bits per heavy atom. The smallest absolute Gasteiger partial charge is 0.404 e. The van der Waals surface area contributed by atoms with Gasteiger partial charge in [0.15, 0.2) is 5.78 Å². The molecular formula is C30H47BN2O4. The maximum Gasteiger partial charge on any atom is 0.481 e. The van der Waals surface area contributed by atoms with Crippen LogP contribution in [0.25, 0.3) is 0 Å². The Balaban J connectivity index is 1.40. The zero-order valence-electron chi connectivity index (χ0n) is 23.7. The molecule has 6 nitrogen and oxygen atoms in total. The number of rotatable bonds is 12. The van der Waals surface area contributed by atoms with Crippen molar-refractivity contribution in [1.29, 1.82) is 0 Å². The fraction of sp³-hybridized carbons (Fsp3) is 0.733. The molecule has 1 aromatic rings. The molecule has 2 bridgehead atoms. The zero-order valence-corrected chi connectivity index (χ0v) is 23.7. The number of hydrogen-bond donors (Lipinski definition) is 2. The van der Waals surface area contributed by atoms with Crippen LogP contribution in [0.3, 0.4) is 0 Å². The molecule has 1 heterocycles. The molecule has 37 heavy (non-hydrogen) atoms. The molecule has 0 radical (unpaired) electrons. The summed E-state index contributed by atoms with van der Waals surface area (Å²) in [5.41, 5.74) is 7.81. The molecular weight excluding hydrogens is 463 g/mol. The van der Waals surface area contributed by atoms with Gasteiger partial charge in [0.05, 0.1) is 23.6 Å². The number of amides is 1. The average Bonchev–Trinajstić information content (AvgIpc) is 3.22. The summed E-state index contributed by atoms with van der Waals surface area (Å²) in [7, 11) is -0.485. The van der Waals surface area contributed by atoms with E-state index in [-0.39, 0.29) is 47.7 Å². The second-order valence-corrected chi connectivity index (χ2v) is 12.9. The van der Waals surface area contributed by atoms with Gasteiger partial charge < -0.3 is 20.4 Å². The Kier molecular flexibility index (Phi) is 8.57. The first-order valence-corrected chi connectivity index (χ1v) is 14.4. The van der Waals surface area contributed by atoms with Gasteiger partial charge >= 0.3 is 7.12 Å². The van der Waals surface area contributed by atoms with E-state index in [4.69, 9.17) is 15.0 Å². The molecule has 6 atom stereocenters. The van der Waals surface area contributed by atoms with Crippen LogP contribution in [0.2, 0.25) is 0 Å². The number of nitrogens with one attached hydrogen (secondary N) is 1. The molecule has 3 aliphatic carbocycles. The third-order valence-electron chi connectivity index (χ3n) is 9.53. The first-order valence-electron chi connectivity index (χ1n) is 14.4. The minimum Gasteiger partial charge on any atom is -0.404 e. The lowest BCUT2D eigenvalue weighted by Gasteiger charge is -2.64. The summed E-state index contributed by atoms with van der Waals surface area (Å²) in [4.78, 5) is 26.4. The number of ketones is 1. The standard InChI is InChI=1S/C30H47BN2O4/c1-7-8-9-20-10-12-21(13-11-20)24(34)15-22(18-32)28(35)33-27(14-19(2)3)31-36-26-17-23-16-25(29(23,4)5)30(26,6)37-31/h10-13,19,22-23,25-27H,7-9,14-18,32H2,1-6H3,(H,33,35)/t22-,23-,25-,26+,27-,30-/m0/s1. The number of aryl methyl sites for hydroxylation is 1. The molecule has 4 fully saturated rings. The number of carbonyl (C=O) groups excluding carboxylic acids is 2. The van der Waals surface area contributed by atoms with Gasteiger partial charge in [0, 0.05) is 18.5 Å². The quantitative estimate of drug-likeness (QED) is 0.306. The molecule has 5 rings (SSSR count). The van der Waals surface area contributed by atoms with E-state index in [9.17, 15) is 9.59 Å². The van der Waals surface area contributed by atoms with Crippen LogP contribution >= 0.6 is 0 Å². The fourth-order valence-corrected chi connectivity index (χ4v) is 6.98. The van der Waals surface area contributed by atoms with Crippen LogP contribution < -0.4 is 11.1 Å². The largest absolute Gasteiger partial charge is 0.481 e. The predicted molar refractivity (Wildman–Crippen MR) is 148 cm³/mol. The maximum absolute atomic E-state index is 13.4. The molecule has 3 saturated carbocycles. The summed E-state index contributed by atoms with van der Waals surface area (Å²) in [5, 5.41) is 3.19. The molecule has 1 saturated heterocycles. The number of hydrogen-bond acceptors (Lipinski definition) is 5. The molecule has 1 aliphatic heterocycles. The highest BCUT2D eigenvalue weighted by Crippen LogP contribution is 2.65. The Hall–Kier alpha value is -1.70. The lowest BCUT2D eigenvalue weighted by Crippen LogP contribution is -2.65. The Bertz CT molecular complexity index is 965. The van der Waals surface area contributed by atoms with Crippen molar-refractivity contribution in [3.63, 3.8) is 0 Å². The molecule has 204 valence electrons. The summed E-state index contributed by atoms with van der Waals surface area (Å²) < 4.78 is 13.2. The van der Waals surface area contributed by atoms with E-state index in [0.29, 0.717) is 23.3 Å². The summed E-state index contributed by atoms with van der Waals surface area (Å²) in [6.45, 7) is 13.4. The van der Waals surface area contributed by atoms with Crippen LogP contribution in [0.4, 0.5) is 0 Å². The van der Waals surface area contributed by atoms with E-state index < -0.39 is 13.0 Å². The van der Waals surface area contributed by atoms with Crippen LogP contribution in [0.5, 0.6) is 0 Å². The van der Waals surface area contributed by atoms with Crippen molar-refractivity contribution in [3.8, 4) is 0 Å². The second-order valence-electron chi connectivity index (χ2n) is 12.9. The van der Waals surface area contributed by atoms with Crippen molar-refractivity contribution in [2.75, 3.05) is 6.54 Å². The van der Waals surface area contributed by atoms with Crippen molar-refractivity contribution in [2.45, 2.75) is 104 Å². The average molecular weight is 511 g/mol. The van der Waals surface area contributed by atoms with E-state index in [2.05, 4.69) is 46.9 Å². The molecule has 3 N–H and O–H groups in total. The second kappa shape index (κ2) is 11.2. The van der Waals surface area contributed by atoms with Gasteiger partial charge in [0.1, 0.15) is 0 Å². The summed E-state index contributed by atoms with van der Waals surface area (Å²) in [5.74, 6) is 0.364. The van der Waals surface area contributed by atoms with Gasteiger partial charge in [-0.25, -0.2) is 0 Å². The van der Waals surface area contributed by atoms with E-state index >= 15 is 0 Å². The Morgan fingerprint density at radius 3 is 2.46 bits per heavy atom. The van der Waals surface area contributed by atoms with E-state index in [1.54, 1.807) is 0 Å². The van der Waals surface area contributed by atoms with Crippen molar-refractivity contribution >= 4 is 18.8 Å². The Labute approximate surface area is 224 Å². The monoisotopic (exact) mass is 510 g/mol. The molecule has 1 amide bonds. The minimum atomic E-state index is -0.590. The summed E-state index contributed by atoms with van der Waals surface area (Å²) in [6.07, 6.45) is 6.38. The van der Waals surface area contributed by atoms with E-state index in [0.717, 1.165) is 32.1 Å². The van der Waals surface area contributed by atoms with Crippen LogP contribution in [-0.4, -0.2) is 43.0 Å². The Morgan fingerprint density at radius 1 is 1.16 bits per heavy atom. The van der Waals surface area contributed by atoms with Gasteiger partial charge in [-0.1, -0.05) is 65.3 Å². The number of carbonyl (C=O) groups is 2. The van der Waals surface area contributed by atoms with E-state index in [1.807, 2.05) is 24.3 Å². The van der Waals surface area contributed by atoms with Crippen molar-refractivity contribution < 1.29 is 18.9 Å². The van der Waals surface area contributed by atoms with Crippen molar-refractivity contribution in [2.24, 2.45) is 34.8 Å².